The second-order valence-corrected chi connectivity index (χ2v) is 10.2. The quantitative estimate of drug-likeness (QED) is 0.152. The summed E-state index contributed by atoms with van der Waals surface area (Å²) in [5.74, 6) is -31.7. The van der Waals surface area contributed by atoms with E-state index < -0.39 is 76.6 Å². The van der Waals surface area contributed by atoms with E-state index in [1.165, 1.54) is 0 Å². The average Bonchev–Trinajstić information content (AvgIpc) is 2.67. The predicted octanol–water partition coefficient (Wildman–Crippen LogP) is 7.25. The molecule has 0 fully saturated rings. The summed E-state index contributed by atoms with van der Waals surface area (Å²) < 4.78 is 208. The summed E-state index contributed by atoms with van der Waals surface area (Å²) >= 11 is 0. The molecule has 0 unspecified atom stereocenters. The number of alkyl halides is 12. The van der Waals surface area contributed by atoms with E-state index in [0.29, 0.717) is 27.7 Å². The van der Waals surface area contributed by atoms with Gasteiger partial charge in [0.1, 0.15) is 0 Å². The molecule has 0 amide bonds. The predicted molar refractivity (Wildman–Crippen MR) is 91.4 cm³/mol. The first kappa shape index (κ1) is 33.5. The lowest BCUT2D eigenvalue weighted by molar-refractivity contribution is -0.410. The molecule has 0 saturated heterocycles. The molecule has 20 heteroatoms. The molecule has 34 heavy (non-hydrogen) atoms. The molecule has 6 nitrogen and oxygen atoms in total. The molecule has 0 radical (unpaired) electrons. The largest absolute Gasteiger partial charge is 0.414 e. The van der Waals surface area contributed by atoms with E-state index in [-0.39, 0.29) is 0 Å². The van der Waals surface area contributed by atoms with Gasteiger partial charge in [0.05, 0.1) is 26.4 Å². The molecule has 0 aromatic rings. The molecule has 206 valence electrons. The van der Waals surface area contributed by atoms with Gasteiger partial charge in [-0.1, -0.05) is 0 Å². The van der Waals surface area contributed by atoms with Gasteiger partial charge in [0.15, 0.2) is 0 Å². The van der Waals surface area contributed by atoms with Crippen molar-refractivity contribution < 1.29 is 79.9 Å². The van der Waals surface area contributed by atoms with Crippen LogP contribution in [-0.4, -0.2) is 61.4 Å². The molecule has 0 atom stereocenters. The van der Waals surface area contributed by atoms with Gasteiger partial charge in [-0.25, -0.2) is 0 Å². The first-order chi connectivity index (χ1) is 15.0. The molecular weight excluding hydrogens is 554 g/mol. The zero-order valence-electron chi connectivity index (χ0n) is 17.7. The lowest BCUT2D eigenvalue weighted by Gasteiger charge is -2.42. The number of halogens is 12. The van der Waals surface area contributed by atoms with Crippen LogP contribution < -0.4 is 0 Å². The van der Waals surface area contributed by atoms with Crippen molar-refractivity contribution in [3.05, 3.63) is 0 Å². The van der Waals surface area contributed by atoms with Gasteiger partial charge in [-0.2, -0.15) is 52.7 Å². The van der Waals surface area contributed by atoms with Crippen LogP contribution in [0.5, 0.6) is 0 Å². The Bertz CT molecular complexity index is 707. The van der Waals surface area contributed by atoms with E-state index in [1.54, 1.807) is 0 Å². The van der Waals surface area contributed by atoms with E-state index in [9.17, 15) is 61.8 Å². The normalized spacial score (nSPS) is 15.6. The van der Waals surface area contributed by atoms with E-state index in [4.69, 9.17) is 0 Å². The molecule has 0 aromatic heterocycles. The summed E-state index contributed by atoms with van der Waals surface area (Å²) in [5, 5.41) is 0. The maximum Gasteiger partial charge on any atom is 0.414 e. The fraction of sp³-hybridized carbons (Fsp3) is 1.00. The average molecular weight is 574 g/mol. The number of rotatable bonds is 15. The molecule has 0 aliphatic heterocycles. The Balaban J connectivity index is 6.96. The minimum absolute atomic E-state index is 0.709. The Kier molecular flexibility index (Phi) is 10.3. The third kappa shape index (κ3) is 4.74. The minimum atomic E-state index is -8.08. The van der Waals surface area contributed by atoms with Gasteiger partial charge in [0.2, 0.25) is 0 Å². The second-order valence-electron chi connectivity index (χ2n) is 6.05. The van der Waals surface area contributed by atoms with Gasteiger partial charge in [0.25, 0.3) is 0 Å². The van der Waals surface area contributed by atoms with Gasteiger partial charge >= 0.3 is 50.2 Å². The van der Waals surface area contributed by atoms with Gasteiger partial charge in [-0.3, -0.25) is 9.13 Å². The first-order valence-corrected chi connectivity index (χ1v) is 12.1. The van der Waals surface area contributed by atoms with Crippen LogP contribution in [0.25, 0.3) is 0 Å². The molecule has 0 aliphatic carbocycles. The third-order valence-electron chi connectivity index (χ3n) is 3.82. The van der Waals surface area contributed by atoms with Crippen molar-refractivity contribution in [2.75, 3.05) is 26.4 Å². The summed E-state index contributed by atoms with van der Waals surface area (Å²) in [5.41, 5.74) is -13.9. The number of hydrogen-bond acceptors (Lipinski definition) is 6. The molecule has 0 aromatic carbocycles. The molecule has 0 rings (SSSR count). The highest BCUT2D eigenvalue weighted by Crippen LogP contribution is 2.75. The number of hydrogen-bond donors (Lipinski definition) is 0. The van der Waals surface area contributed by atoms with Crippen LogP contribution in [0.3, 0.4) is 0 Å². The highest BCUT2D eigenvalue weighted by molar-refractivity contribution is 7.55. The maximum absolute atomic E-state index is 14.2. The van der Waals surface area contributed by atoms with Crippen molar-refractivity contribution in [2.24, 2.45) is 0 Å². The summed E-state index contributed by atoms with van der Waals surface area (Å²) in [7, 11) is -13.6. The Labute approximate surface area is 185 Å². The molecular formula is C14H20F12O6P2. The molecule has 0 spiro atoms. The molecule has 0 saturated carbocycles. The fourth-order valence-electron chi connectivity index (χ4n) is 2.19. The van der Waals surface area contributed by atoms with Crippen molar-refractivity contribution in [3.63, 3.8) is 0 Å². The smallest absolute Gasteiger partial charge is 0.305 e. The van der Waals surface area contributed by atoms with Crippen LogP contribution in [0.4, 0.5) is 52.7 Å². The Morgan fingerprint density at radius 2 is 0.618 bits per heavy atom. The summed E-state index contributed by atoms with van der Waals surface area (Å²) in [6.07, 6.45) is 0. The van der Waals surface area contributed by atoms with E-state index in [1.807, 2.05) is 0 Å². The van der Waals surface area contributed by atoms with Gasteiger partial charge in [-0.15, -0.1) is 0 Å². The zero-order chi connectivity index (χ0) is 27.7. The highest BCUT2D eigenvalue weighted by atomic mass is 31.2. The maximum atomic E-state index is 14.2. The van der Waals surface area contributed by atoms with Crippen LogP contribution in [0.15, 0.2) is 0 Å². The van der Waals surface area contributed by atoms with Crippen LogP contribution in [-0.2, 0) is 27.2 Å². The monoisotopic (exact) mass is 574 g/mol. The molecule has 0 heterocycles. The fourth-order valence-corrected chi connectivity index (χ4v) is 5.32. The van der Waals surface area contributed by atoms with E-state index in [0.717, 1.165) is 0 Å². The van der Waals surface area contributed by atoms with Crippen LogP contribution in [0.1, 0.15) is 27.7 Å². The van der Waals surface area contributed by atoms with E-state index in [2.05, 4.69) is 18.1 Å². The van der Waals surface area contributed by atoms with Crippen molar-refractivity contribution in [3.8, 4) is 0 Å². The lowest BCUT2D eigenvalue weighted by atomic mass is 9.98. The van der Waals surface area contributed by atoms with E-state index >= 15 is 0 Å². The second kappa shape index (κ2) is 10.4. The van der Waals surface area contributed by atoms with Crippen molar-refractivity contribution >= 4 is 15.2 Å². The van der Waals surface area contributed by atoms with Crippen molar-refractivity contribution in [1.29, 1.82) is 0 Å². The first-order valence-electron chi connectivity index (χ1n) is 9.04. The topological polar surface area (TPSA) is 71.1 Å². The Morgan fingerprint density at radius 1 is 0.441 bits per heavy atom. The lowest BCUT2D eigenvalue weighted by Crippen LogP contribution is -2.70. The van der Waals surface area contributed by atoms with Gasteiger partial charge in [-0.05, 0) is 27.7 Å². The minimum Gasteiger partial charge on any atom is -0.305 e. The molecule has 0 bridgehead atoms. The van der Waals surface area contributed by atoms with Crippen LogP contribution in [0.2, 0.25) is 0 Å². The standard InChI is InChI=1S/C14H20F12O6P2/c1-5-29-33(27,30-6-2)13(23,24)11(19,20)9(15,16)10(17,18)12(21,22)14(25,26)34(28,31-7-3)32-8-4/h5-8H2,1-4H3. The van der Waals surface area contributed by atoms with Crippen LogP contribution in [0, 0.1) is 0 Å². The highest BCUT2D eigenvalue weighted by Gasteiger charge is 2.94. The van der Waals surface area contributed by atoms with Gasteiger partial charge in [0, 0.05) is 0 Å². The SMILES string of the molecule is CCOP(=O)(OCC)C(F)(F)C(F)(F)C(F)(F)C(F)(F)C(F)(F)C(F)(F)P(=O)(OCC)OCC. The summed E-state index contributed by atoms with van der Waals surface area (Å²) in [4.78, 5) is 0. The Hall–Kier alpha value is -0.540. The van der Waals surface area contributed by atoms with Crippen LogP contribution >= 0.6 is 15.2 Å². The summed E-state index contributed by atoms with van der Waals surface area (Å²) in [6.45, 7) is -1.98. The van der Waals surface area contributed by atoms with Crippen molar-refractivity contribution in [2.45, 2.75) is 62.7 Å². The van der Waals surface area contributed by atoms with Crippen molar-refractivity contribution in [1.82, 2.24) is 0 Å². The summed E-state index contributed by atoms with van der Waals surface area (Å²) in [6, 6.07) is 0. The zero-order valence-corrected chi connectivity index (χ0v) is 19.5. The Morgan fingerprint density at radius 3 is 0.765 bits per heavy atom. The van der Waals surface area contributed by atoms with Gasteiger partial charge < -0.3 is 18.1 Å². The molecule has 0 aliphatic rings. The molecule has 0 N–H and O–H groups in total. The third-order valence-corrected chi connectivity index (χ3v) is 8.15.